The molecule has 92 valence electrons. The number of nitriles is 1. The zero-order valence-electron chi connectivity index (χ0n) is 9.84. The summed E-state index contributed by atoms with van der Waals surface area (Å²) >= 11 is 0. The highest BCUT2D eigenvalue weighted by Gasteiger charge is 2.18. The molecule has 2 heterocycles. The number of carbonyl (C=O) groups is 1. The van der Waals surface area contributed by atoms with Gasteiger partial charge in [-0.3, -0.25) is 4.79 Å². The SMILES string of the molecule is N#Cc1cnc(-c2ccc3c(c2)CC(=O)N3)nc1N. The van der Waals surface area contributed by atoms with Crippen LogP contribution in [0.15, 0.2) is 24.4 Å². The molecule has 0 saturated carbocycles. The number of nitrogen functional groups attached to an aromatic ring is 1. The van der Waals surface area contributed by atoms with Gasteiger partial charge in [-0.1, -0.05) is 0 Å². The van der Waals surface area contributed by atoms with Crippen LogP contribution in [-0.4, -0.2) is 15.9 Å². The normalized spacial score (nSPS) is 12.7. The summed E-state index contributed by atoms with van der Waals surface area (Å²) in [5.74, 6) is 0.577. The quantitative estimate of drug-likeness (QED) is 0.789. The maximum atomic E-state index is 11.3. The van der Waals surface area contributed by atoms with Gasteiger partial charge >= 0.3 is 0 Å². The van der Waals surface area contributed by atoms with E-state index in [1.54, 1.807) is 0 Å². The van der Waals surface area contributed by atoms with E-state index in [1.165, 1.54) is 6.20 Å². The number of aromatic nitrogens is 2. The molecule has 0 saturated heterocycles. The second kappa shape index (κ2) is 4.07. The Morgan fingerprint density at radius 3 is 3.00 bits per heavy atom. The van der Waals surface area contributed by atoms with Gasteiger partial charge in [-0.15, -0.1) is 0 Å². The van der Waals surface area contributed by atoms with E-state index in [4.69, 9.17) is 11.0 Å². The van der Waals surface area contributed by atoms with Crippen molar-refractivity contribution >= 4 is 17.4 Å². The van der Waals surface area contributed by atoms with Crippen LogP contribution in [0.25, 0.3) is 11.4 Å². The molecule has 6 heteroatoms. The molecule has 0 spiro atoms. The molecular formula is C13H9N5O. The van der Waals surface area contributed by atoms with Crippen LogP contribution in [-0.2, 0) is 11.2 Å². The molecule has 1 aliphatic heterocycles. The molecule has 19 heavy (non-hydrogen) atoms. The lowest BCUT2D eigenvalue weighted by molar-refractivity contribution is -0.115. The van der Waals surface area contributed by atoms with E-state index in [2.05, 4.69) is 15.3 Å². The highest BCUT2D eigenvalue weighted by Crippen LogP contribution is 2.27. The van der Waals surface area contributed by atoms with E-state index in [1.807, 2.05) is 24.3 Å². The van der Waals surface area contributed by atoms with Crippen molar-refractivity contribution in [2.24, 2.45) is 0 Å². The van der Waals surface area contributed by atoms with Crippen LogP contribution in [0.5, 0.6) is 0 Å². The summed E-state index contributed by atoms with van der Waals surface area (Å²) in [5.41, 5.74) is 8.41. The maximum absolute atomic E-state index is 11.3. The predicted octanol–water partition coefficient (Wildman–Crippen LogP) is 1.09. The van der Waals surface area contributed by atoms with Crippen molar-refractivity contribution < 1.29 is 4.79 Å². The Bertz CT molecular complexity index is 732. The fourth-order valence-electron chi connectivity index (χ4n) is 1.99. The Kier molecular flexibility index (Phi) is 2.39. The van der Waals surface area contributed by atoms with E-state index >= 15 is 0 Å². The van der Waals surface area contributed by atoms with Crippen LogP contribution < -0.4 is 11.1 Å². The Hall–Kier alpha value is -2.94. The second-order valence-corrected chi connectivity index (χ2v) is 4.20. The molecule has 1 aromatic carbocycles. The molecule has 0 bridgehead atoms. The smallest absolute Gasteiger partial charge is 0.228 e. The van der Waals surface area contributed by atoms with Crippen molar-refractivity contribution in [1.82, 2.24) is 9.97 Å². The first-order valence-electron chi connectivity index (χ1n) is 5.63. The minimum Gasteiger partial charge on any atom is -0.382 e. The van der Waals surface area contributed by atoms with Gasteiger partial charge in [0.25, 0.3) is 0 Å². The summed E-state index contributed by atoms with van der Waals surface area (Å²) in [5, 5.41) is 11.5. The molecule has 1 amide bonds. The number of rotatable bonds is 1. The largest absolute Gasteiger partial charge is 0.382 e. The highest BCUT2D eigenvalue weighted by molar-refractivity contribution is 5.99. The summed E-state index contributed by atoms with van der Waals surface area (Å²) in [6.45, 7) is 0. The van der Waals surface area contributed by atoms with Gasteiger partial charge in [-0.25, -0.2) is 9.97 Å². The number of anilines is 2. The molecule has 3 rings (SSSR count). The van der Waals surface area contributed by atoms with Gasteiger partial charge in [-0.2, -0.15) is 5.26 Å². The zero-order chi connectivity index (χ0) is 13.4. The molecule has 2 aromatic rings. The van der Waals surface area contributed by atoms with Gasteiger partial charge in [-0.05, 0) is 23.8 Å². The maximum Gasteiger partial charge on any atom is 0.228 e. The number of hydrogen-bond acceptors (Lipinski definition) is 5. The number of amides is 1. The van der Waals surface area contributed by atoms with Crippen LogP contribution >= 0.6 is 0 Å². The minimum absolute atomic E-state index is 0.0209. The Morgan fingerprint density at radius 1 is 1.42 bits per heavy atom. The summed E-state index contributed by atoms with van der Waals surface area (Å²) in [6.07, 6.45) is 1.75. The van der Waals surface area contributed by atoms with Crippen LogP contribution in [0.2, 0.25) is 0 Å². The number of carbonyl (C=O) groups excluding carboxylic acids is 1. The lowest BCUT2D eigenvalue weighted by Crippen LogP contribution is -2.03. The van der Waals surface area contributed by atoms with Crippen molar-refractivity contribution in [1.29, 1.82) is 5.26 Å². The Balaban J connectivity index is 2.04. The van der Waals surface area contributed by atoms with Crippen molar-refractivity contribution in [3.05, 3.63) is 35.5 Å². The fraction of sp³-hybridized carbons (Fsp3) is 0.0769. The lowest BCUT2D eigenvalue weighted by atomic mass is 10.1. The van der Waals surface area contributed by atoms with E-state index in [9.17, 15) is 4.79 Å². The average molecular weight is 251 g/mol. The standard InChI is InChI=1S/C13H9N5O/c14-5-9-6-16-13(18-12(9)15)7-1-2-10-8(3-7)4-11(19)17-10/h1-3,6H,4H2,(H,17,19)(H2,15,16,18). The van der Waals surface area contributed by atoms with Crippen molar-refractivity contribution in [2.45, 2.75) is 6.42 Å². The first kappa shape index (κ1) is 11.2. The molecule has 0 unspecified atom stereocenters. The molecule has 0 aliphatic carbocycles. The number of hydrogen-bond donors (Lipinski definition) is 2. The van der Waals surface area contributed by atoms with Crippen molar-refractivity contribution in [3.63, 3.8) is 0 Å². The molecule has 1 aromatic heterocycles. The predicted molar refractivity (Wildman–Crippen MR) is 68.9 cm³/mol. The van der Waals surface area contributed by atoms with E-state index < -0.39 is 0 Å². The van der Waals surface area contributed by atoms with E-state index in [0.717, 1.165) is 16.8 Å². The number of nitrogens with two attached hydrogens (primary N) is 1. The molecule has 0 atom stereocenters. The van der Waals surface area contributed by atoms with Gasteiger partial charge < -0.3 is 11.1 Å². The third-order valence-corrected chi connectivity index (χ3v) is 2.93. The Labute approximate surface area is 108 Å². The number of fused-ring (bicyclic) bond motifs is 1. The molecule has 0 fully saturated rings. The minimum atomic E-state index is -0.0209. The molecule has 3 N–H and O–H groups in total. The third kappa shape index (κ3) is 1.87. The van der Waals surface area contributed by atoms with Crippen molar-refractivity contribution in [3.8, 4) is 17.5 Å². The van der Waals surface area contributed by atoms with Gasteiger partial charge in [0, 0.05) is 11.3 Å². The number of nitrogens with zero attached hydrogens (tertiary/aromatic N) is 3. The third-order valence-electron chi connectivity index (χ3n) is 2.93. The summed E-state index contributed by atoms with van der Waals surface area (Å²) in [7, 11) is 0. The van der Waals surface area contributed by atoms with Crippen LogP contribution in [0, 0.1) is 11.3 Å². The highest BCUT2D eigenvalue weighted by atomic mass is 16.1. The summed E-state index contributed by atoms with van der Waals surface area (Å²) < 4.78 is 0. The number of benzene rings is 1. The van der Waals surface area contributed by atoms with Gasteiger partial charge in [0.1, 0.15) is 17.5 Å². The van der Waals surface area contributed by atoms with Gasteiger partial charge in [0.2, 0.25) is 5.91 Å². The second-order valence-electron chi connectivity index (χ2n) is 4.20. The molecule has 0 radical (unpaired) electrons. The van der Waals surface area contributed by atoms with E-state index in [-0.39, 0.29) is 17.3 Å². The van der Waals surface area contributed by atoms with Crippen molar-refractivity contribution in [2.75, 3.05) is 11.1 Å². The van der Waals surface area contributed by atoms with Crippen LogP contribution in [0.4, 0.5) is 11.5 Å². The van der Waals surface area contributed by atoms with Gasteiger partial charge in [0.05, 0.1) is 12.6 Å². The first-order valence-corrected chi connectivity index (χ1v) is 5.63. The van der Waals surface area contributed by atoms with Crippen LogP contribution in [0.1, 0.15) is 11.1 Å². The molecule has 1 aliphatic rings. The van der Waals surface area contributed by atoms with E-state index in [0.29, 0.717) is 12.2 Å². The molecule has 6 nitrogen and oxygen atoms in total. The van der Waals surface area contributed by atoms with Crippen LogP contribution in [0.3, 0.4) is 0 Å². The topological polar surface area (TPSA) is 105 Å². The summed E-state index contributed by atoms with van der Waals surface area (Å²) in [6, 6.07) is 7.40. The monoisotopic (exact) mass is 251 g/mol. The fourth-order valence-corrected chi connectivity index (χ4v) is 1.99. The van der Waals surface area contributed by atoms with Gasteiger partial charge in [0.15, 0.2) is 5.82 Å². The molecular weight excluding hydrogens is 242 g/mol. The summed E-state index contributed by atoms with van der Waals surface area (Å²) in [4.78, 5) is 19.5. The lowest BCUT2D eigenvalue weighted by Gasteiger charge is -2.04. The zero-order valence-corrected chi connectivity index (χ0v) is 9.84. The average Bonchev–Trinajstić information content (AvgIpc) is 2.77. The number of nitrogens with one attached hydrogen (secondary N) is 1. The first-order chi connectivity index (χ1) is 9.17. The Morgan fingerprint density at radius 2 is 2.26 bits per heavy atom.